The molecule has 1 atom stereocenters. The lowest BCUT2D eigenvalue weighted by Crippen LogP contribution is -2.26. The topological polar surface area (TPSA) is 35.2 Å². The molecule has 1 unspecified atom stereocenters. The first-order chi connectivity index (χ1) is 9.15. The first-order valence-electron chi connectivity index (χ1n) is 7.24. The molecule has 3 heteroatoms. The lowest BCUT2D eigenvalue weighted by molar-refractivity contribution is 0.239. The van der Waals surface area contributed by atoms with Gasteiger partial charge in [-0.25, -0.2) is 4.39 Å². The molecule has 1 saturated carbocycles. The van der Waals surface area contributed by atoms with Crippen LogP contribution in [0.5, 0.6) is 5.75 Å². The predicted octanol–water partition coefficient (Wildman–Crippen LogP) is 4.05. The third-order valence-electron chi connectivity index (χ3n) is 4.54. The summed E-state index contributed by atoms with van der Waals surface area (Å²) in [5, 5.41) is 0. The van der Waals surface area contributed by atoms with Crippen LogP contribution in [0, 0.1) is 17.7 Å². The van der Waals surface area contributed by atoms with Crippen LogP contribution in [-0.2, 0) is 0 Å². The molecular weight excluding hydrogens is 241 g/mol. The lowest BCUT2D eigenvalue weighted by Gasteiger charge is -2.32. The van der Waals surface area contributed by atoms with Crippen LogP contribution < -0.4 is 10.5 Å². The van der Waals surface area contributed by atoms with Crippen molar-refractivity contribution in [2.45, 2.75) is 45.1 Å². The number of ether oxygens (including phenoxy) is 1. The molecular formula is C16H24FNO. The van der Waals surface area contributed by atoms with Crippen LogP contribution in [0.3, 0.4) is 0 Å². The first-order valence-corrected chi connectivity index (χ1v) is 7.24. The normalized spacial score (nSPS) is 25.1. The molecule has 0 bridgehead atoms. The third-order valence-corrected chi connectivity index (χ3v) is 4.54. The van der Waals surface area contributed by atoms with Crippen LogP contribution in [-0.4, -0.2) is 7.11 Å². The Hall–Kier alpha value is -1.09. The van der Waals surface area contributed by atoms with Crippen LogP contribution in [0.25, 0.3) is 0 Å². The van der Waals surface area contributed by atoms with E-state index in [1.54, 1.807) is 12.1 Å². The second kappa shape index (κ2) is 6.38. The minimum absolute atomic E-state index is 0.00712. The molecule has 1 aromatic rings. The number of halogens is 1. The standard InChI is InChI=1S/C16H24FNO/c1-3-11-4-6-12(7-5-11)16(18)13-8-9-14(17)15(10-13)19-2/h8-12,16H,3-7,18H2,1-2H3. The van der Waals surface area contributed by atoms with Gasteiger partial charge in [0.05, 0.1) is 7.11 Å². The van der Waals surface area contributed by atoms with Gasteiger partial charge in [0.2, 0.25) is 0 Å². The summed E-state index contributed by atoms with van der Waals surface area (Å²) in [4.78, 5) is 0. The van der Waals surface area contributed by atoms with E-state index in [9.17, 15) is 4.39 Å². The number of rotatable bonds is 4. The molecule has 0 aromatic heterocycles. The lowest BCUT2D eigenvalue weighted by atomic mass is 9.76. The van der Waals surface area contributed by atoms with Crippen LogP contribution in [0.1, 0.15) is 50.6 Å². The summed E-state index contributed by atoms with van der Waals surface area (Å²) in [6.45, 7) is 2.26. The Morgan fingerprint density at radius 3 is 2.58 bits per heavy atom. The van der Waals surface area contributed by atoms with Gasteiger partial charge in [-0.2, -0.15) is 0 Å². The van der Waals surface area contributed by atoms with E-state index in [2.05, 4.69) is 6.92 Å². The molecule has 0 amide bonds. The minimum atomic E-state index is -0.326. The molecule has 0 spiro atoms. The van der Waals surface area contributed by atoms with E-state index in [0.29, 0.717) is 5.92 Å². The average Bonchev–Trinajstić information content (AvgIpc) is 2.47. The molecule has 0 saturated heterocycles. The maximum atomic E-state index is 13.4. The van der Waals surface area contributed by atoms with Gasteiger partial charge in [-0.05, 0) is 42.4 Å². The van der Waals surface area contributed by atoms with Crippen molar-refractivity contribution in [2.75, 3.05) is 7.11 Å². The number of hydrogen-bond donors (Lipinski definition) is 1. The zero-order valence-corrected chi connectivity index (χ0v) is 11.9. The zero-order chi connectivity index (χ0) is 13.8. The second-order valence-electron chi connectivity index (χ2n) is 5.61. The average molecular weight is 265 g/mol. The Bertz CT molecular complexity index is 413. The molecule has 1 aliphatic carbocycles. The van der Waals surface area contributed by atoms with E-state index in [4.69, 9.17) is 10.5 Å². The highest BCUT2D eigenvalue weighted by Gasteiger charge is 2.26. The highest BCUT2D eigenvalue weighted by Crippen LogP contribution is 2.37. The number of methoxy groups -OCH3 is 1. The maximum Gasteiger partial charge on any atom is 0.165 e. The fourth-order valence-corrected chi connectivity index (χ4v) is 3.11. The van der Waals surface area contributed by atoms with Gasteiger partial charge in [-0.15, -0.1) is 0 Å². The summed E-state index contributed by atoms with van der Waals surface area (Å²) < 4.78 is 18.4. The van der Waals surface area contributed by atoms with Gasteiger partial charge >= 0.3 is 0 Å². The van der Waals surface area contributed by atoms with E-state index >= 15 is 0 Å². The smallest absolute Gasteiger partial charge is 0.165 e. The van der Waals surface area contributed by atoms with Crippen molar-refractivity contribution in [1.82, 2.24) is 0 Å². The van der Waals surface area contributed by atoms with Crippen LogP contribution in [0.2, 0.25) is 0 Å². The highest BCUT2D eigenvalue weighted by molar-refractivity contribution is 5.32. The highest BCUT2D eigenvalue weighted by atomic mass is 19.1. The molecule has 2 nitrogen and oxygen atoms in total. The monoisotopic (exact) mass is 265 g/mol. The predicted molar refractivity (Wildman–Crippen MR) is 75.6 cm³/mol. The Morgan fingerprint density at radius 2 is 2.00 bits per heavy atom. The Balaban J connectivity index is 2.05. The third kappa shape index (κ3) is 3.27. The van der Waals surface area contributed by atoms with Crippen LogP contribution >= 0.6 is 0 Å². The van der Waals surface area contributed by atoms with Crippen molar-refractivity contribution in [3.63, 3.8) is 0 Å². The Labute approximate surface area is 115 Å². The fourth-order valence-electron chi connectivity index (χ4n) is 3.11. The van der Waals surface area contributed by atoms with Crippen molar-refractivity contribution in [1.29, 1.82) is 0 Å². The van der Waals surface area contributed by atoms with Crippen molar-refractivity contribution >= 4 is 0 Å². The molecule has 106 valence electrons. The van der Waals surface area contributed by atoms with Gasteiger partial charge in [0.25, 0.3) is 0 Å². The Kier molecular flexibility index (Phi) is 4.81. The summed E-state index contributed by atoms with van der Waals surface area (Å²) in [7, 11) is 1.49. The molecule has 19 heavy (non-hydrogen) atoms. The number of benzene rings is 1. The molecule has 1 aliphatic rings. The van der Waals surface area contributed by atoms with Gasteiger partial charge in [0.15, 0.2) is 11.6 Å². The molecule has 0 heterocycles. The summed E-state index contributed by atoms with van der Waals surface area (Å²) >= 11 is 0. The maximum absolute atomic E-state index is 13.4. The van der Waals surface area contributed by atoms with Gasteiger partial charge in [-0.3, -0.25) is 0 Å². The molecule has 1 aromatic carbocycles. The molecule has 2 N–H and O–H groups in total. The summed E-state index contributed by atoms with van der Waals surface area (Å²) in [5.74, 6) is 1.34. The van der Waals surface area contributed by atoms with E-state index in [1.807, 2.05) is 0 Å². The molecule has 1 fully saturated rings. The van der Waals surface area contributed by atoms with E-state index in [1.165, 1.54) is 45.3 Å². The summed E-state index contributed by atoms with van der Waals surface area (Å²) in [6, 6.07) is 4.97. The second-order valence-corrected chi connectivity index (χ2v) is 5.61. The summed E-state index contributed by atoms with van der Waals surface area (Å²) in [6.07, 6.45) is 6.17. The largest absolute Gasteiger partial charge is 0.494 e. The minimum Gasteiger partial charge on any atom is -0.494 e. The van der Waals surface area contributed by atoms with E-state index < -0.39 is 0 Å². The van der Waals surface area contributed by atoms with Crippen LogP contribution in [0.15, 0.2) is 18.2 Å². The van der Waals surface area contributed by atoms with Gasteiger partial charge in [0, 0.05) is 6.04 Å². The van der Waals surface area contributed by atoms with Crippen molar-refractivity contribution < 1.29 is 9.13 Å². The number of nitrogens with two attached hydrogens (primary N) is 1. The van der Waals surface area contributed by atoms with E-state index in [-0.39, 0.29) is 17.6 Å². The van der Waals surface area contributed by atoms with Crippen LogP contribution in [0.4, 0.5) is 4.39 Å². The van der Waals surface area contributed by atoms with Crippen molar-refractivity contribution in [3.8, 4) is 5.75 Å². The number of hydrogen-bond acceptors (Lipinski definition) is 2. The van der Waals surface area contributed by atoms with E-state index in [0.717, 1.165) is 11.5 Å². The van der Waals surface area contributed by atoms with Crippen molar-refractivity contribution in [3.05, 3.63) is 29.6 Å². The quantitative estimate of drug-likeness (QED) is 0.891. The first kappa shape index (κ1) is 14.3. The van der Waals surface area contributed by atoms with Crippen molar-refractivity contribution in [2.24, 2.45) is 17.6 Å². The van der Waals surface area contributed by atoms with Gasteiger partial charge in [0.1, 0.15) is 0 Å². The zero-order valence-electron chi connectivity index (χ0n) is 11.9. The fraction of sp³-hybridized carbons (Fsp3) is 0.625. The Morgan fingerprint density at radius 1 is 1.32 bits per heavy atom. The molecule has 0 radical (unpaired) electrons. The molecule has 0 aliphatic heterocycles. The van der Waals surface area contributed by atoms with Gasteiger partial charge in [-0.1, -0.05) is 32.3 Å². The molecule has 2 rings (SSSR count). The summed E-state index contributed by atoms with van der Waals surface area (Å²) in [5.41, 5.74) is 7.34. The van der Waals surface area contributed by atoms with Gasteiger partial charge < -0.3 is 10.5 Å². The SMILES string of the molecule is CCC1CCC(C(N)c2ccc(F)c(OC)c2)CC1.